The Morgan fingerprint density at radius 1 is 0.490 bits per heavy atom. The molecule has 0 saturated carbocycles. The van der Waals surface area contributed by atoms with Gasteiger partial charge in [0.15, 0.2) is 5.78 Å². The molecule has 0 aliphatic rings. The van der Waals surface area contributed by atoms with E-state index in [2.05, 4.69) is 62.8 Å². The first-order valence-corrected chi connectivity index (χ1v) is 20.0. The Hall–Kier alpha value is -2.45. The van der Waals surface area contributed by atoms with Crippen LogP contribution in [0.1, 0.15) is 183 Å². The molecule has 49 heavy (non-hydrogen) atoms. The maximum atomic E-state index is 13.4. The van der Waals surface area contributed by atoms with E-state index in [0.29, 0.717) is 76.3 Å². The first kappa shape index (κ1) is 46.5. The van der Waals surface area contributed by atoms with E-state index < -0.39 is 12.1 Å². The van der Waals surface area contributed by atoms with Crippen molar-refractivity contribution in [1.29, 1.82) is 0 Å². The molecule has 0 rings (SSSR count). The summed E-state index contributed by atoms with van der Waals surface area (Å²) in [5.74, 6) is 1.50. The Morgan fingerprint density at radius 3 is 1.39 bits per heavy atom. The average molecular weight is 693 g/mol. The maximum absolute atomic E-state index is 13.4. The van der Waals surface area contributed by atoms with Crippen LogP contribution >= 0.6 is 0 Å². The van der Waals surface area contributed by atoms with Crippen LogP contribution in [0.2, 0.25) is 0 Å². The summed E-state index contributed by atoms with van der Waals surface area (Å²) in [5, 5.41) is 11.8. The molecule has 286 valence electrons. The Kier molecular flexibility index (Phi) is 28.9. The number of Topliss-reactive ketones (excluding diaryl/α,β-unsaturated/α-hetero) is 1. The topological polar surface area (TPSA) is 133 Å². The van der Waals surface area contributed by atoms with Crippen LogP contribution in [0.4, 0.5) is 0 Å². The number of hydrogen-bond acceptors (Lipinski definition) is 5. The molecule has 0 aromatic carbocycles. The van der Waals surface area contributed by atoms with Crippen molar-refractivity contribution in [1.82, 2.24) is 21.3 Å². The second-order valence-corrected chi connectivity index (χ2v) is 15.1. The summed E-state index contributed by atoms with van der Waals surface area (Å²) in [4.78, 5) is 63.0. The molecule has 0 bridgehead atoms. The molecular weight excluding hydrogens is 616 g/mol. The van der Waals surface area contributed by atoms with E-state index in [1.165, 1.54) is 32.6 Å². The van der Waals surface area contributed by atoms with E-state index in [9.17, 15) is 24.0 Å². The Morgan fingerprint density at radius 2 is 0.939 bits per heavy atom. The number of carbonyl (C=O) groups excluding carboxylic acids is 5. The van der Waals surface area contributed by atoms with Gasteiger partial charge in [0.2, 0.25) is 23.6 Å². The minimum Gasteiger partial charge on any atom is -0.356 e. The highest BCUT2D eigenvalue weighted by Crippen LogP contribution is 2.18. The molecule has 9 nitrogen and oxygen atoms in total. The summed E-state index contributed by atoms with van der Waals surface area (Å²) >= 11 is 0. The molecular formula is C40H76N4O5. The van der Waals surface area contributed by atoms with Gasteiger partial charge in [-0.3, -0.25) is 24.0 Å². The fourth-order valence-corrected chi connectivity index (χ4v) is 6.12. The van der Waals surface area contributed by atoms with Crippen molar-refractivity contribution in [3.63, 3.8) is 0 Å². The third kappa shape index (κ3) is 28.0. The van der Waals surface area contributed by atoms with Crippen LogP contribution in [0.25, 0.3) is 0 Å². The van der Waals surface area contributed by atoms with E-state index in [0.717, 1.165) is 63.7 Å². The van der Waals surface area contributed by atoms with Gasteiger partial charge in [-0.1, -0.05) is 99.3 Å². The summed E-state index contributed by atoms with van der Waals surface area (Å²) in [6, 6.07) is -1.38. The number of carbonyl (C=O) groups is 5. The fraction of sp³-hybridized carbons (Fsp3) is 0.875. The van der Waals surface area contributed by atoms with E-state index in [4.69, 9.17) is 0 Å². The van der Waals surface area contributed by atoms with Crippen molar-refractivity contribution in [3.8, 4) is 0 Å². The Labute approximate surface area is 300 Å². The van der Waals surface area contributed by atoms with Crippen molar-refractivity contribution in [2.75, 3.05) is 13.1 Å². The van der Waals surface area contributed by atoms with Gasteiger partial charge in [-0.25, -0.2) is 0 Å². The lowest BCUT2D eigenvalue weighted by Crippen LogP contribution is -2.51. The van der Waals surface area contributed by atoms with Gasteiger partial charge >= 0.3 is 0 Å². The predicted octanol–water partition coefficient (Wildman–Crippen LogP) is 7.94. The van der Waals surface area contributed by atoms with Gasteiger partial charge in [0.1, 0.15) is 6.04 Å². The second kappa shape index (κ2) is 30.4. The normalized spacial score (nSPS) is 13.2. The molecule has 0 aliphatic carbocycles. The van der Waals surface area contributed by atoms with Crippen molar-refractivity contribution in [3.05, 3.63) is 0 Å². The quantitative estimate of drug-likeness (QED) is 0.0532. The van der Waals surface area contributed by atoms with Crippen LogP contribution in [0.15, 0.2) is 0 Å². The number of rotatable bonds is 32. The monoisotopic (exact) mass is 693 g/mol. The van der Waals surface area contributed by atoms with Crippen LogP contribution in [-0.4, -0.2) is 54.6 Å². The van der Waals surface area contributed by atoms with Gasteiger partial charge in [0.05, 0.1) is 6.04 Å². The standard InChI is InChI=1S/C40H76N4O5/c1-8-20-34(9-2)23-12-15-27-38(47)42-30-19-17-25-36(43-39(48)28-14-11-22-32(5)6)40(49)44-35(33(7)45)24-16-18-29-41-37(46)26-13-10-21-31(3)4/h31-32,34-36H,8-30H2,1-7H3,(H,41,46)(H,42,47)(H,43,48)(H,44,49). The van der Waals surface area contributed by atoms with Crippen LogP contribution < -0.4 is 21.3 Å². The molecule has 0 radical (unpaired) electrons. The molecule has 0 saturated heterocycles. The van der Waals surface area contributed by atoms with Gasteiger partial charge in [0.25, 0.3) is 0 Å². The molecule has 9 heteroatoms. The van der Waals surface area contributed by atoms with E-state index in [1.807, 2.05) is 0 Å². The smallest absolute Gasteiger partial charge is 0.243 e. The number of amides is 4. The molecule has 3 unspecified atom stereocenters. The lowest BCUT2D eigenvalue weighted by atomic mass is 9.94. The summed E-state index contributed by atoms with van der Waals surface area (Å²) in [6.45, 7) is 15.7. The van der Waals surface area contributed by atoms with E-state index in [-0.39, 0.29) is 29.4 Å². The van der Waals surface area contributed by atoms with Gasteiger partial charge in [-0.2, -0.15) is 0 Å². The molecule has 0 aromatic heterocycles. The molecule has 4 N–H and O–H groups in total. The van der Waals surface area contributed by atoms with Gasteiger partial charge in [-0.15, -0.1) is 0 Å². The lowest BCUT2D eigenvalue weighted by molar-refractivity contribution is -0.131. The molecule has 0 spiro atoms. The fourth-order valence-electron chi connectivity index (χ4n) is 6.12. The molecule has 0 aromatic rings. The largest absolute Gasteiger partial charge is 0.356 e. The SMILES string of the molecule is CCCC(CC)CCCCC(=O)NCCCCC(NC(=O)CCCCC(C)C)C(=O)NC(CCCCNC(=O)CCCCC(C)C)C(C)=O. The minimum absolute atomic E-state index is 0.0606. The van der Waals surface area contributed by atoms with Crippen molar-refractivity contribution in [2.24, 2.45) is 17.8 Å². The number of ketones is 1. The molecule has 4 amide bonds. The van der Waals surface area contributed by atoms with Crippen LogP contribution in [0.3, 0.4) is 0 Å². The number of hydrogen-bond donors (Lipinski definition) is 4. The molecule has 0 fully saturated rings. The predicted molar refractivity (Wildman–Crippen MR) is 202 cm³/mol. The summed E-state index contributed by atoms with van der Waals surface area (Å²) in [7, 11) is 0. The van der Waals surface area contributed by atoms with Crippen molar-refractivity contribution in [2.45, 2.75) is 195 Å². The molecule has 0 heterocycles. The summed E-state index contributed by atoms with van der Waals surface area (Å²) in [6.07, 6.45) is 17.8. The first-order valence-electron chi connectivity index (χ1n) is 20.0. The number of unbranched alkanes of at least 4 members (excludes halogenated alkanes) is 5. The van der Waals surface area contributed by atoms with Gasteiger partial charge < -0.3 is 21.3 Å². The van der Waals surface area contributed by atoms with Crippen molar-refractivity contribution < 1.29 is 24.0 Å². The third-order valence-electron chi connectivity index (χ3n) is 9.35. The van der Waals surface area contributed by atoms with Crippen LogP contribution in [-0.2, 0) is 24.0 Å². The van der Waals surface area contributed by atoms with Gasteiger partial charge in [0, 0.05) is 32.4 Å². The molecule has 3 atom stereocenters. The highest BCUT2D eigenvalue weighted by molar-refractivity contribution is 5.92. The summed E-state index contributed by atoms with van der Waals surface area (Å²) < 4.78 is 0. The van der Waals surface area contributed by atoms with Crippen molar-refractivity contribution >= 4 is 29.4 Å². The molecule has 0 aliphatic heterocycles. The zero-order valence-corrected chi connectivity index (χ0v) is 32.7. The lowest BCUT2D eigenvalue weighted by Gasteiger charge is -2.22. The third-order valence-corrected chi connectivity index (χ3v) is 9.35. The summed E-state index contributed by atoms with van der Waals surface area (Å²) in [5.41, 5.74) is 0. The van der Waals surface area contributed by atoms with E-state index >= 15 is 0 Å². The Balaban J connectivity index is 4.79. The second-order valence-electron chi connectivity index (χ2n) is 15.1. The highest BCUT2D eigenvalue weighted by Gasteiger charge is 2.25. The minimum atomic E-state index is -0.736. The highest BCUT2D eigenvalue weighted by atomic mass is 16.2. The van der Waals surface area contributed by atoms with Crippen LogP contribution in [0.5, 0.6) is 0 Å². The van der Waals surface area contributed by atoms with Gasteiger partial charge in [-0.05, 0) is 82.5 Å². The Bertz CT molecular complexity index is 907. The first-order chi connectivity index (χ1) is 23.4. The zero-order valence-electron chi connectivity index (χ0n) is 32.7. The average Bonchev–Trinajstić information content (AvgIpc) is 3.04. The zero-order chi connectivity index (χ0) is 36.9. The maximum Gasteiger partial charge on any atom is 0.243 e. The van der Waals surface area contributed by atoms with Crippen LogP contribution in [0, 0.1) is 17.8 Å². The number of nitrogens with one attached hydrogen (secondary N) is 4. The van der Waals surface area contributed by atoms with E-state index in [1.54, 1.807) is 0 Å².